The Bertz CT molecular complexity index is 739. The summed E-state index contributed by atoms with van der Waals surface area (Å²) in [6, 6.07) is 12.9. The number of hydrogen-bond donors (Lipinski definition) is 0. The monoisotopic (exact) mass is 343 g/mol. The van der Waals surface area contributed by atoms with Gasteiger partial charge in [0, 0.05) is 23.0 Å². The van der Waals surface area contributed by atoms with Gasteiger partial charge in [-0.3, -0.25) is 9.59 Å². The molecule has 2 aromatic carbocycles. The van der Waals surface area contributed by atoms with Crippen molar-refractivity contribution >= 4 is 33.3 Å². The average molecular weight is 344 g/mol. The van der Waals surface area contributed by atoms with Crippen molar-refractivity contribution in [3.05, 3.63) is 63.6 Å². The molecule has 0 saturated heterocycles. The molecule has 0 fully saturated rings. The van der Waals surface area contributed by atoms with E-state index in [1.54, 1.807) is 11.0 Å². The molecule has 1 aliphatic heterocycles. The molecule has 0 spiro atoms. The molecule has 0 aromatic heterocycles. The van der Waals surface area contributed by atoms with Crippen molar-refractivity contribution in [3.63, 3.8) is 0 Å². The number of halogens is 1. The molecule has 3 rings (SSSR count). The zero-order valence-electron chi connectivity index (χ0n) is 11.6. The molecule has 0 aliphatic carbocycles. The van der Waals surface area contributed by atoms with E-state index in [4.69, 9.17) is 0 Å². The van der Waals surface area contributed by atoms with Crippen LogP contribution in [-0.4, -0.2) is 18.2 Å². The van der Waals surface area contributed by atoms with E-state index in [2.05, 4.69) is 15.9 Å². The van der Waals surface area contributed by atoms with Crippen molar-refractivity contribution in [1.29, 1.82) is 0 Å². The molecule has 1 amide bonds. The molecule has 0 atom stereocenters. The summed E-state index contributed by atoms with van der Waals surface area (Å²) in [5, 5.41) is 0. The van der Waals surface area contributed by atoms with Crippen molar-refractivity contribution in [3.8, 4) is 0 Å². The minimum absolute atomic E-state index is 0.0816. The number of hydrogen-bond acceptors (Lipinski definition) is 2. The highest BCUT2D eigenvalue weighted by Crippen LogP contribution is 2.29. The van der Waals surface area contributed by atoms with Gasteiger partial charge in [0.15, 0.2) is 5.78 Å². The number of aryl methyl sites for hydroxylation is 1. The van der Waals surface area contributed by atoms with E-state index in [1.165, 1.54) is 0 Å². The van der Waals surface area contributed by atoms with Crippen LogP contribution in [0.3, 0.4) is 0 Å². The number of carbonyl (C=O) groups is 2. The largest absolute Gasteiger partial charge is 0.307 e. The van der Waals surface area contributed by atoms with Crippen molar-refractivity contribution in [1.82, 2.24) is 0 Å². The van der Waals surface area contributed by atoms with Gasteiger partial charge in [-0.05, 0) is 52.7 Å². The summed E-state index contributed by atoms with van der Waals surface area (Å²) in [6.07, 6.45) is 0.367. The highest BCUT2D eigenvalue weighted by atomic mass is 79.9. The molecule has 1 heterocycles. The predicted octanol–water partition coefficient (Wildman–Crippen LogP) is 3.99. The lowest BCUT2D eigenvalue weighted by atomic mass is 9.99. The minimum Gasteiger partial charge on any atom is -0.307 e. The number of benzene rings is 2. The van der Waals surface area contributed by atoms with Crippen molar-refractivity contribution in [2.75, 3.05) is 11.4 Å². The maximum absolute atomic E-state index is 12.8. The first-order valence-electron chi connectivity index (χ1n) is 6.78. The molecule has 0 bridgehead atoms. The van der Waals surface area contributed by atoms with E-state index in [0.29, 0.717) is 29.8 Å². The summed E-state index contributed by atoms with van der Waals surface area (Å²) in [5.41, 5.74) is 3.03. The first kappa shape index (κ1) is 14.0. The third-order valence-electron chi connectivity index (χ3n) is 3.66. The van der Waals surface area contributed by atoms with Gasteiger partial charge in [0.05, 0.1) is 11.3 Å². The van der Waals surface area contributed by atoms with Crippen molar-refractivity contribution < 1.29 is 9.59 Å². The molecule has 2 aromatic rings. The molecule has 0 saturated carbocycles. The minimum atomic E-state index is -0.0816. The van der Waals surface area contributed by atoms with Gasteiger partial charge in [-0.1, -0.05) is 18.2 Å². The molecule has 21 heavy (non-hydrogen) atoms. The Morgan fingerprint density at radius 2 is 1.95 bits per heavy atom. The molecule has 0 radical (unpaired) electrons. The number of para-hydroxylation sites is 1. The van der Waals surface area contributed by atoms with Crippen LogP contribution in [-0.2, 0) is 0 Å². The van der Waals surface area contributed by atoms with Gasteiger partial charge in [0.2, 0.25) is 0 Å². The Balaban J connectivity index is 2.03. The van der Waals surface area contributed by atoms with E-state index in [0.717, 1.165) is 10.0 Å². The Labute approximate surface area is 131 Å². The normalized spacial score (nSPS) is 14.0. The first-order valence-corrected chi connectivity index (χ1v) is 7.57. The Hall–Kier alpha value is -1.94. The van der Waals surface area contributed by atoms with Crippen LogP contribution in [0, 0.1) is 6.92 Å². The maximum atomic E-state index is 12.8. The average Bonchev–Trinajstić information content (AvgIpc) is 2.47. The van der Waals surface area contributed by atoms with Crippen LogP contribution < -0.4 is 4.90 Å². The van der Waals surface area contributed by atoms with Gasteiger partial charge in [-0.25, -0.2) is 0 Å². The molecule has 0 N–H and O–H groups in total. The van der Waals surface area contributed by atoms with E-state index >= 15 is 0 Å². The number of amides is 1. The van der Waals surface area contributed by atoms with E-state index in [1.807, 2.05) is 43.3 Å². The maximum Gasteiger partial charge on any atom is 0.259 e. The van der Waals surface area contributed by atoms with Gasteiger partial charge in [0.25, 0.3) is 5.91 Å². The van der Waals surface area contributed by atoms with E-state index in [-0.39, 0.29) is 11.7 Å². The number of nitrogens with zero attached hydrogens (tertiary/aromatic N) is 1. The summed E-state index contributed by atoms with van der Waals surface area (Å²) < 4.78 is 0.780. The van der Waals surface area contributed by atoms with Crippen LogP contribution in [0.15, 0.2) is 46.9 Å². The number of rotatable bonds is 1. The lowest BCUT2D eigenvalue weighted by Gasteiger charge is -2.29. The second-order valence-corrected chi connectivity index (χ2v) is 5.98. The zero-order valence-corrected chi connectivity index (χ0v) is 13.2. The lowest BCUT2D eigenvalue weighted by molar-refractivity contribution is 0.0955. The Morgan fingerprint density at radius 3 is 2.71 bits per heavy atom. The molecular formula is C17H14BrNO2. The van der Waals surface area contributed by atoms with E-state index < -0.39 is 0 Å². The molecular weight excluding hydrogens is 330 g/mol. The number of carbonyl (C=O) groups excluding carboxylic acids is 2. The molecule has 1 aliphatic rings. The molecule has 4 heteroatoms. The lowest BCUT2D eigenvalue weighted by Crippen LogP contribution is -2.37. The predicted molar refractivity (Wildman–Crippen MR) is 85.9 cm³/mol. The van der Waals surface area contributed by atoms with Gasteiger partial charge in [-0.2, -0.15) is 0 Å². The van der Waals surface area contributed by atoms with Crippen molar-refractivity contribution in [2.45, 2.75) is 13.3 Å². The number of Topliss-reactive ketones (excluding diaryl/α,β-unsaturated/α-hetero) is 1. The van der Waals surface area contributed by atoms with Crippen LogP contribution in [0.25, 0.3) is 0 Å². The number of fused-ring (bicyclic) bond motifs is 1. The summed E-state index contributed by atoms with van der Waals surface area (Å²) in [4.78, 5) is 26.4. The third kappa shape index (κ3) is 2.51. The molecule has 106 valence electrons. The smallest absolute Gasteiger partial charge is 0.259 e. The fourth-order valence-corrected chi connectivity index (χ4v) is 3.23. The second kappa shape index (κ2) is 5.45. The third-order valence-corrected chi connectivity index (χ3v) is 4.31. The number of ketones is 1. The van der Waals surface area contributed by atoms with Crippen LogP contribution in [0.1, 0.15) is 32.7 Å². The standard InChI is InChI=1S/C17H14BrNO2/c1-11-6-7-12(14(18)10-11)17(21)19-9-8-16(20)13-4-2-3-5-15(13)19/h2-7,10H,8-9H2,1H3. The quantitative estimate of drug-likeness (QED) is 0.784. The highest BCUT2D eigenvalue weighted by Gasteiger charge is 2.28. The van der Waals surface area contributed by atoms with Gasteiger partial charge >= 0.3 is 0 Å². The number of anilines is 1. The van der Waals surface area contributed by atoms with Crippen LogP contribution in [0.5, 0.6) is 0 Å². The highest BCUT2D eigenvalue weighted by molar-refractivity contribution is 9.10. The second-order valence-electron chi connectivity index (χ2n) is 5.13. The fourth-order valence-electron chi connectivity index (χ4n) is 2.56. The van der Waals surface area contributed by atoms with Crippen LogP contribution in [0.2, 0.25) is 0 Å². The first-order chi connectivity index (χ1) is 10.1. The summed E-state index contributed by atoms with van der Waals surface area (Å²) >= 11 is 3.45. The van der Waals surface area contributed by atoms with Crippen molar-refractivity contribution in [2.24, 2.45) is 0 Å². The Kier molecular flexibility index (Phi) is 3.64. The molecule has 0 unspecified atom stereocenters. The van der Waals surface area contributed by atoms with Gasteiger partial charge < -0.3 is 4.90 Å². The zero-order chi connectivity index (χ0) is 15.0. The topological polar surface area (TPSA) is 37.4 Å². The summed E-state index contributed by atoms with van der Waals surface area (Å²) in [5.74, 6) is 0.0134. The SMILES string of the molecule is Cc1ccc(C(=O)N2CCC(=O)c3ccccc32)c(Br)c1. The van der Waals surface area contributed by atoms with E-state index in [9.17, 15) is 9.59 Å². The van der Waals surface area contributed by atoms with Gasteiger partial charge in [-0.15, -0.1) is 0 Å². The summed E-state index contributed by atoms with van der Waals surface area (Å²) in [7, 11) is 0. The Morgan fingerprint density at radius 1 is 1.19 bits per heavy atom. The summed E-state index contributed by atoms with van der Waals surface area (Å²) in [6.45, 7) is 2.41. The van der Waals surface area contributed by atoms with Crippen LogP contribution >= 0.6 is 15.9 Å². The van der Waals surface area contributed by atoms with Gasteiger partial charge in [0.1, 0.15) is 0 Å². The fraction of sp³-hybridized carbons (Fsp3) is 0.176. The molecule has 3 nitrogen and oxygen atoms in total. The van der Waals surface area contributed by atoms with Crippen LogP contribution in [0.4, 0.5) is 5.69 Å².